The van der Waals surface area contributed by atoms with Crippen LogP contribution in [0.15, 0.2) is 24.3 Å². The number of nitrogens with zero attached hydrogens (tertiary/aromatic N) is 1. The van der Waals surface area contributed by atoms with Crippen LogP contribution in [0.4, 0.5) is 5.69 Å². The summed E-state index contributed by atoms with van der Waals surface area (Å²) in [7, 11) is -3.53. The van der Waals surface area contributed by atoms with E-state index in [1.165, 1.54) is 4.31 Å². The van der Waals surface area contributed by atoms with E-state index in [0.717, 1.165) is 25.7 Å². The van der Waals surface area contributed by atoms with Crippen molar-refractivity contribution in [3.05, 3.63) is 29.8 Å². The molecule has 21 heavy (non-hydrogen) atoms. The first-order valence-electron chi connectivity index (χ1n) is 7.06. The zero-order chi connectivity index (χ0) is 15.3. The number of carboxylic acids is 1. The second kappa shape index (κ2) is 6.91. The summed E-state index contributed by atoms with van der Waals surface area (Å²) >= 11 is 0. The molecule has 1 heterocycles. The van der Waals surface area contributed by atoms with Gasteiger partial charge in [-0.1, -0.05) is 25.0 Å². The average Bonchev–Trinajstić information content (AvgIpc) is 2.69. The summed E-state index contributed by atoms with van der Waals surface area (Å²) in [6.07, 6.45) is 3.84. The Morgan fingerprint density at radius 2 is 1.67 bits per heavy atom. The molecule has 0 spiro atoms. The first-order chi connectivity index (χ1) is 9.97. The normalized spacial score (nSPS) is 17.1. The van der Waals surface area contributed by atoms with E-state index < -0.39 is 16.2 Å². The number of hydrogen-bond donors (Lipinski definition) is 2. The van der Waals surface area contributed by atoms with Gasteiger partial charge in [-0.2, -0.15) is 12.7 Å². The molecule has 1 aromatic carbocycles. The van der Waals surface area contributed by atoms with Gasteiger partial charge in [0.05, 0.1) is 6.42 Å². The fraction of sp³-hybridized carbons (Fsp3) is 0.500. The molecule has 1 aliphatic heterocycles. The molecule has 1 fully saturated rings. The average molecular weight is 312 g/mol. The van der Waals surface area contributed by atoms with Gasteiger partial charge in [0.15, 0.2) is 0 Å². The molecule has 2 rings (SSSR count). The van der Waals surface area contributed by atoms with Gasteiger partial charge in [-0.05, 0) is 30.5 Å². The van der Waals surface area contributed by atoms with Crippen molar-refractivity contribution in [2.45, 2.75) is 32.1 Å². The van der Waals surface area contributed by atoms with E-state index in [0.29, 0.717) is 24.3 Å². The second-order valence-corrected chi connectivity index (χ2v) is 6.86. The summed E-state index contributed by atoms with van der Waals surface area (Å²) in [5.41, 5.74) is 1.09. The van der Waals surface area contributed by atoms with E-state index in [1.807, 2.05) is 0 Å². The maximum absolute atomic E-state index is 12.3. The minimum Gasteiger partial charge on any atom is -0.481 e. The van der Waals surface area contributed by atoms with Crippen LogP contribution in [0, 0.1) is 0 Å². The van der Waals surface area contributed by atoms with Crippen molar-refractivity contribution < 1.29 is 18.3 Å². The lowest BCUT2D eigenvalue weighted by Gasteiger charge is -2.20. The molecule has 0 aromatic heterocycles. The van der Waals surface area contributed by atoms with Crippen LogP contribution >= 0.6 is 0 Å². The topological polar surface area (TPSA) is 86.7 Å². The zero-order valence-electron chi connectivity index (χ0n) is 11.8. The largest absolute Gasteiger partial charge is 0.481 e. The third kappa shape index (κ3) is 4.71. The highest BCUT2D eigenvalue weighted by atomic mass is 32.2. The minimum atomic E-state index is -3.53. The van der Waals surface area contributed by atoms with Gasteiger partial charge in [0.25, 0.3) is 0 Å². The molecule has 0 bridgehead atoms. The van der Waals surface area contributed by atoms with Crippen molar-refractivity contribution >= 4 is 21.9 Å². The molecule has 7 heteroatoms. The molecule has 0 atom stereocenters. The summed E-state index contributed by atoms with van der Waals surface area (Å²) in [4.78, 5) is 10.6. The van der Waals surface area contributed by atoms with Crippen molar-refractivity contribution in [1.82, 2.24) is 4.31 Å². The number of carbonyl (C=O) groups is 1. The molecular formula is C14H20N2O4S. The van der Waals surface area contributed by atoms with Gasteiger partial charge in [-0.25, -0.2) is 0 Å². The number of aliphatic carboxylic acids is 1. The van der Waals surface area contributed by atoms with Crippen LogP contribution in [-0.2, 0) is 21.4 Å². The zero-order valence-corrected chi connectivity index (χ0v) is 12.6. The number of benzene rings is 1. The molecule has 0 aliphatic carbocycles. The summed E-state index contributed by atoms with van der Waals surface area (Å²) in [6.45, 7) is 1.10. The highest BCUT2D eigenvalue weighted by Crippen LogP contribution is 2.17. The predicted molar refractivity (Wildman–Crippen MR) is 80.4 cm³/mol. The van der Waals surface area contributed by atoms with Crippen molar-refractivity contribution in [1.29, 1.82) is 0 Å². The molecule has 0 radical (unpaired) electrons. The molecule has 0 saturated carbocycles. The van der Waals surface area contributed by atoms with Crippen LogP contribution in [-0.4, -0.2) is 36.9 Å². The summed E-state index contributed by atoms with van der Waals surface area (Å²) < 4.78 is 28.6. The van der Waals surface area contributed by atoms with Gasteiger partial charge >= 0.3 is 16.2 Å². The Labute approximate surface area is 125 Å². The highest BCUT2D eigenvalue weighted by molar-refractivity contribution is 7.90. The lowest BCUT2D eigenvalue weighted by Crippen LogP contribution is -2.36. The molecule has 2 N–H and O–H groups in total. The number of rotatable bonds is 5. The second-order valence-electron chi connectivity index (χ2n) is 5.19. The van der Waals surface area contributed by atoms with Crippen LogP contribution < -0.4 is 4.72 Å². The lowest BCUT2D eigenvalue weighted by molar-refractivity contribution is -0.136. The Morgan fingerprint density at radius 3 is 2.19 bits per heavy atom. The molecule has 0 amide bonds. The van der Waals surface area contributed by atoms with Crippen molar-refractivity contribution in [2.75, 3.05) is 17.8 Å². The van der Waals surface area contributed by atoms with E-state index >= 15 is 0 Å². The number of hydrogen-bond acceptors (Lipinski definition) is 3. The van der Waals surface area contributed by atoms with Crippen molar-refractivity contribution in [3.8, 4) is 0 Å². The summed E-state index contributed by atoms with van der Waals surface area (Å²) in [5.74, 6) is -0.909. The third-order valence-electron chi connectivity index (χ3n) is 3.46. The van der Waals surface area contributed by atoms with Crippen LogP contribution in [0.1, 0.15) is 31.2 Å². The van der Waals surface area contributed by atoms with Crippen LogP contribution in [0.25, 0.3) is 0 Å². The quantitative estimate of drug-likeness (QED) is 0.868. The molecule has 1 aromatic rings. The van der Waals surface area contributed by atoms with Gasteiger partial charge in [-0.15, -0.1) is 0 Å². The lowest BCUT2D eigenvalue weighted by atomic mass is 10.1. The van der Waals surface area contributed by atoms with Crippen LogP contribution in [0.2, 0.25) is 0 Å². The molecule has 116 valence electrons. The van der Waals surface area contributed by atoms with Gasteiger partial charge in [-0.3, -0.25) is 9.52 Å². The SMILES string of the molecule is O=C(O)Cc1ccc(NS(=O)(=O)N2CCCCCC2)cc1. The smallest absolute Gasteiger partial charge is 0.307 e. The van der Waals surface area contributed by atoms with Gasteiger partial charge in [0, 0.05) is 18.8 Å². The Hall–Kier alpha value is -1.60. The fourth-order valence-corrected chi connectivity index (χ4v) is 3.66. The van der Waals surface area contributed by atoms with Gasteiger partial charge < -0.3 is 5.11 Å². The molecule has 6 nitrogen and oxygen atoms in total. The molecule has 0 unspecified atom stereocenters. The van der Waals surface area contributed by atoms with Gasteiger partial charge in [0.1, 0.15) is 0 Å². The Balaban J connectivity index is 2.03. The standard InChI is InChI=1S/C14H20N2O4S/c17-14(18)11-12-5-7-13(8-6-12)15-21(19,20)16-9-3-1-2-4-10-16/h5-8,15H,1-4,9-11H2,(H,17,18). The highest BCUT2D eigenvalue weighted by Gasteiger charge is 2.22. The predicted octanol–water partition coefficient (Wildman–Crippen LogP) is 1.85. The van der Waals surface area contributed by atoms with E-state index in [9.17, 15) is 13.2 Å². The molecular weight excluding hydrogens is 292 g/mol. The first-order valence-corrected chi connectivity index (χ1v) is 8.50. The molecule has 1 aliphatic rings. The van der Waals surface area contributed by atoms with Crippen molar-refractivity contribution in [3.63, 3.8) is 0 Å². The van der Waals surface area contributed by atoms with E-state index in [4.69, 9.17) is 5.11 Å². The van der Waals surface area contributed by atoms with Crippen molar-refractivity contribution in [2.24, 2.45) is 0 Å². The summed E-state index contributed by atoms with van der Waals surface area (Å²) in [6, 6.07) is 6.42. The Morgan fingerprint density at radius 1 is 1.10 bits per heavy atom. The number of nitrogens with one attached hydrogen (secondary N) is 1. The number of anilines is 1. The van der Waals surface area contributed by atoms with Crippen LogP contribution in [0.5, 0.6) is 0 Å². The van der Waals surface area contributed by atoms with Gasteiger partial charge in [0.2, 0.25) is 0 Å². The maximum Gasteiger partial charge on any atom is 0.307 e. The Kier molecular flexibility index (Phi) is 5.19. The monoisotopic (exact) mass is 312 g/mol. The third-order valence-corrected chi connectivity index (χ3v) is 5.00. The van der Waals surface area contributed by atoms with E-state index in [2.05, 4.69) is 4.72 Å². The summed E-state index contributed by atoms with van der Waals surface area (Å²) in [5, 5.41) is 8.70. The maximum atomic E-state index is 12.3. The number of carboxylic acid groups (broad SMARTS) is 1. The van der Waals surface area contributed by atoms with Crippen LogP contribution in [0.3, 0.4) is 0 Å². The minimum absolute atomic E-state index is 0.0703. The van der Waals surface area contributed by atoms with E-state index in [1.54, 1.807) is 24.3 Å². The fourth-order valence-electron chi connectivity index (χ4n) is 2.36. The van der Waals surface area contributed by atoms with E-state index in [-0.39, 0.29) is 6.42 Å². The molecule has 1 saturated heterocycles. The first kappa shape index (κ1) is 15.8. The Bertz CT molecular complexity index is 575.